The van der Waals surface area contributed by atoms with Crippen molar-refractivity contribution in [2.45, 2.75) is 11.8 Å². The summed E-state index contributed by atoms with van der Waals surface area (Å²) in [7, 11) is -3.49. The summed E-state index contributed by atoms with van der Waals surface area (Å²) in [5, 5.41) is 0. The van der Waals surface area contributed by atoms with Crippen LogP contribution in [0, 0.1) is 6.92 Å². The highest BCUT2D eigenvalue weighted by atomic mass is 32.2. The van der Waals surface area contributed by atoms with E-state index in [9.17, 15) is 13.2 Å². The predicted molar refractivity (Wildman–Crippen MR) is 97.4 cm³/mol. The molecule has 1 aliphatic rings. The van der Waals surface area contributed by atoms with Crippen LogP contribution in [0.4, 0.5) is 0 Å². The highest BCUT2D eigenvalue weighted by Crippen LogP contribution is 2.11. The number of carbonyl (C=O) groups is 1. The van der Waals surface area contributed by atoms with Crippen LogP contribution in [0.5, 0.6) is 0 Å². The Morgan fingerprint density at radius 1 is 1.12 bits per heavy atom. The molecule has 1 aromatic heterocycles. The van der Waals surface area contributed by atoms with Crippen molar-refractivity contribution in [3.8, 4) is 0 Å². The molecule has 0 bridgehead atoms. The highest BCUT2D eigenvalue weighted by Gasteiger charge is 2.23. The zero-order valence-corrected chi connectivity index (χ0v) is 15.5. The zero-order chi connectivity index (χ0) is 18.6. The molecular weight excluding hydrogens is 354 g/mol. The van der Waals surface area contributed by atoms with E-state index in [2.05, 4.69) is 9.62 Å². The van der Waals surface area contributed by atoms with Gasteiger partial charge in [0.25, 0.3) is 5.91 Å². The third-order valence-electron chi connectivity index (χ3n) is 4.44. The number of aryl methyl sites for hydroxylation is 1. The Morgan fingerprint density at radius 3 is 2.42 bits per heavy atom. The minimum Gasteiger partial charge on any atom is -0.459 e. The monoisotopic (exact) mass is 377 g/mol. The lowest BCUT2D eigenvalue weighted by molar-refractivity contribution is 0.0609. The van der Waals surface area contributed by atoms with Gasteiger partial charge in [-0.05, 0) is 31.2 Å². The first-order valence-corrected chi connectivity index (χ1v) is 10.1. The molecule has 140 valence electrons. The first kappa shape index (κ1) is 18.6. The topological polar surface area (TPSA) is 82.9 Å². The Morgan fingerprint density at radius 2 is 1.81 bits per heavy atom. The number of benzene rings is 1. The number of amides is 1. The molecule has 0 radical (unpaired) electrons. The van der Waals surface area contributed by atoms with E-state index in [0.29, 0.717) is 45.0 Å². The Kier molecular flexibility index (Phi) is 5.75. The molecule has 1 aromatic carbocycles. The second-order valence-corrected chi connectivity index (χ2v) is 8.09. The second kappa shape index (κ2) is 8.03. The summed E-state index contributed by atoms with van der Waals surface area (Å²) >= 11 is 0. The standard InChI is InChI=1S/C18H23N3O4S/c1-15-4-6-16(7-5-15)26(23,24)19-8-9-20-10-12-21(13-11-20)18(22)17-3-2-14-25-17/h2-7,14,19H,8-13H2,1H3. The van der Waals surface area contributed by atoms with Crippen molar-refractivity contribution >= 4 is 15.9 Å². The van der Waals surface area contributed by atoms with Gasteiger partial charge in [0.2, 0.25) is 10.0 Å². The van der Waals surface area contributed by atoms with Gasteiger partial charge in [0, 0.05) is 39.3 Å². The van der Waals surface area contributed by atoms with Gasteiger partial charge in [-0.15, -0.1) is 0 Å². The second-order valence-electron chi connectivity index (χ2n) is 6.32. The molecule has 0 unspecified atom stereocenters. The fraction of sp³-hybridized carbons (Fsp3) is 0.389. The van der Waals surface area contributed by atoms with E-state index < -0.39 is 10.0 Å². The Bertz CT molecular complexity index is 824. The van der Waals surface area contributed by atoms with Crippen LogP contribution in [0.15, 0.2) is 52.0 Å². The van der Waals surface area contributed by atoms with Crippen molar-refractivity contribution in [3.05, 3.63) is 54.0 Å². The summed E-state index contributed by atoms with van der Waals surface area (Å²) in [6.07, 6.45) is 1.49. The van der Waals surface area contributed by atoms with Crippen LogP contribution < -0.4 is 4.72 Å². The number of nitrogens with one attached hydrogen (secondary N) is 1. The Hall–Kier alpha value is -2.16. The number of nitrogens with zero attached hydrogens (tertiary/aromatic N) is 2. The van der Waals surface area contributed by atoms with Gasteiger partial charge in [-0.3, -0.25) is 9.69 Å². The normalized spacial score (nSPS) is 16.0. The molecule has 0 saturated carbocycles. The van der Waals surface area contributed by atoms with Crippen molar-refractivity contribution in [1.29, 1.82) is 0 Å². The van der Waals surface area contributed by atoms with Crippen LogP contribution in [0.2, 0.25) is 0 Å². The minimum absolute atomic E-state index is 0.102. The molecule has 0 spiro atoms. The minimum atomic E-state index is -3.49. The molecule has 1 fully saturated rings. The fourth-order valence-electron chi connectivity index (χ4n) is 2.87. The van der Waals surface area contributed by atoms with Gasteiger partial charge in [0.15, 0.2) is 5.76 Å². The molecule has 2 heterocycles. The van der Waals surface area contributed by atoms with Crippen molar-refractivity contribution in [3.63, 3.8) is 0 Å². The smallest absolute Gasteiger partial charge is 0.289 e. The van der Waals surface area contributed by atoms with Crippen LogP contribution in [-0.4, -0.2) is 63.4 Å². The lowest BCUT2D eigenvalue weighted by atomic mass is 10.2. The van der Waals surface area contributed by atoms with Gasteiger partial charge in [0.05, 0.1) is 11.2 Å². The van der Waals surface area contributed by atoms with Crippen LogP contribution in [0.25, 0.3) is 0 Å². The SMILES string of the molecule is Cc1ccc(S(=O)(=O)NCCN2CCN(C(=O)c3ccco3)CC2)cc1. The van der Waals surface area contributed by atoms with E-state index in [1.54, 1.807) is 41.3 Å². The largest absolute Gasteiger partial charge is 0.459 e. The molecule has 7 nitrogen and oxygen atoms in total. The number of hydrogen-bond donors (Lipinski definition) is 1. The third kappa shape index (κ3) is 4.51. The number of rotatable bonds is 6. The molecular formula is C18H23N3O4S. The molecule has 0 aliphatic carbocycles. The molecule has 1 saturated heterocycles. The van der Waals surface area contributed by atoms with Gasteiger partial charge >= 0.3 is 0 Å². The summed E-state index contributed by atoms with van der Waals surface area (Å²) in [6, 6.07) is 10.1. The van der Waals surface area contributed by atoms with Crippen molar-refractivity contribution < 1.29 is 17.6 Å². The van der Waals surface area contributed by atoms with Crippen LogP contribution in [0.3, 0.4) is 0 Å². The van der Waals surface area contributed by atoms with E-state index in [1.807, 2.05) is 6.92 Å². The number of piperazine rings is 1. The summed E-state index contributed by atoms with van der Waals surface area (Å²) in [4.78, 5) is 16.4. The molecule has 2 aromatic rings. The van der Waals surface area contributed by atoms with E-state index in [1.165, 1.54) is 6.26 Å². The molecule has 1 N–H and O–H groups in total. The molecule has 0 atom stereocenters. The van der Waals surface area contributed by atoms with Crippen molar-refractivity contribution in [2.75, 3.05) is 39.3 Å². The predicted octanol–water partition coefficient (Wildman–Crippen LogP) is 1.32. The van der Waals surface area contributed by atoms with Gasteiger partial charge in [-0.1, -0.05) is 17.7 Å². The van der Waals surface area contributed by atoms with Crippen LogP contribution >= 0.6 is 0 Å². The van der Waals surface area contributed by atoms with Gasteiger partial charge < -0.3 is 9.32 Å². The lowest BCUT2D eigenvalue weighted by Crippen LogP contribution is -2.50. The number of furan rings is 1. The summed E-state index contributed by atoms with van der Waals surface area (Å²) in [5.74, 6) is 0.249. The zero-order valence-electron chi connectivity index (χ0n) is 14.7. The average molecular weight is 377 g/mol. The molecule has 1 amide bonds. The quantitative estimate of drug-likeness (QED) is 0.821. The molecule has 1 aliphatic heterocycles. The van der Waals surface area contributed by atoms with E-state index in [0.717, 1.165) is 5.56 Å². The van der Waals surface area contributed by atoms with E-state index in [-0.39, 0.29) is 10.8 Å². The number of carbonyl (C=O) groups excluding carboxylic acids is 1. The van der Waals surface area contributed by atoms with Crippen molar-refractivity contribution in [1.82, 2.24) is 14.5 Å². The molecule has 26 heavy (non-hydrogen) atoms. The molecule has 3 rings (SSSR count). The maximum Gasteiger partial charge on any atom is 0.289 e. The molecule has 8 heteroatoms. The maximum atomic E-state index is 12.3. The summed E-state index contributed by atoms with van der Waals surface area (Å²) < 4.78 is 32.3. The fourth-order valence-corrected chi connectivity index (χ4v) is 3.89. The van der Waals surface area contributed by atoms with Gasteiger partial charge in [-0.2, -0.15) is 0 Å². The van der Waals surface area contributed by atoms with E-state index >= 15 is 0 Å². The van der Waals surface area contributed by atoms with Crippen LogP contribution in [0.1, 0.15) is 16.1 Å². The summed E-state index contributed by atoms with van der Waals surface area (Å²) in [5.41, 5.74) is 1.02. The average Bonchev–Trinajstić information content (AvgIpc) is 3.17. The lowest BCUT2D eigenvalue weighted by Gasteiger charge is -2.34. The number of hydrogen-bond acceptors (Lipinski definition) is 5. The third-order valence-corrected chi connectivity index (χ3v) is 5.92. The van der Waals surface area contributed by atoms with Crippen molar-refractivity contribution in [2.24, 2.45) is 0 Å². The Balaban J connectivity index is 1.44. The first-order valence-electron chi connectivity index (χ1n) is 8.57. The summed E-state index contributed by atoms with van der Waals surface area (Å²) in [6.45, 7) is 5.47. The van der Waals surface area contributed by atoms with Crippen LogP contribution in [-0.2, 0) is 10.0 Å². The highest BCUT2D eigenvalue weighted by molar-refractivity contribution is 7.89. The maximum absolute atomic E-state index is 12.3. The van der Waals surface area contributed by atoms with Gasteiger partial charge in [0.1, 0.15) is 0 Å². The number of sulfonamides is 1. The first-order chi connectivity index (χ1) is 12.5. The van der Waals surface area contributed by atoms with E-state index in [4.69, 9.17) is 4.42 Å². The van der Waals surface area contributed by atoms with Gasteiger partial charge in [-0.25, -0.2) is 13.1 Å². The Labute approximate surface area is 153 Å².